The van der Waals surface area contributed by atoms with Gasteiger partial charge in [0.15, 0.2) is 0 Å². The molecule has 0 saturated carbocycles. The Morgan fingerprint density at radius 1 is 1.29 bits per heavy atom. The molecule has 94 valence electrons. The second-order valence-electron chi connectivity index (χ2n) is 4.64. The van der Waals surface area contributed by atoms with Crippen LogP contribution in [0, 0.1) is 5.92 Å². The summed E-state index contributed by atoms with van der Waals surface area (Å²) in [5, 5.41) is 8.30. The lowest BCUT2D eigenvalue weighted by Crippen LogP contribution is -2.36. The summed E-state index contributed by atoms with van der Waals surface area (Å²) in [5.74, 6) is 0.700. The van der Waals surface area contributed by atoms with E-state index < -0.39 is 0 Å². The molecule has 17 heavy (non-hydrogen) atoms. The standard InChI is InChI=1S/C13H18Cl2N2/c1-9(10-4-6-16-7-5-10)17-13-8-11(14)2-3-12(13)15/h2-3,8-10,16-17H,4-7H2,1H3. The quantitative estimate of drug-likeness (QED) is 0.875. The Hall–Kier alpha value is -0.440. The first kappa shape index (κ1) is 13.0. The van der Waals surface area contributed by atoms with E-state index in [2.05, 4.69) is 17.6 Å². The molecule has 1 atom stereocenters. The summed E-state index contributed by atoms with van der Waals surface area (Å²) in [7, 11) is 0. The summed E-state index contributed by atoms with van der Waals surface area (Å²) >= 11 is 12.1. The van der Waals surface area contributed by atoms with Crippen LogP contribution in [0.4, 0.5) is 5.69 Å². The number of piperidine rings is 1. The van der Waals surface area contributed by atoms with E-state index in [0.717, 1.165) is 28.8 Å². The fourth-order valence-corrected chi connectivity index (χ4v) is 2.66. The van der Waals surface area contributed by atoms with Crippen molar-refractivity contribution in [2.75, 3.05) is 18.4 Å². The van der Waals surface area contributed by atoms with Crippen molar-refractivity contribution in [3.8, 4) is 0 Å². The van der Waals surface area contributed by atoms with E-state index in [0.29, 0.717) is 12.0 Å². The molecule has 1 aliphatic rings. The van der Waals surface area contributed by atoms with Crippen LogP contribution in [0.3, 0.4) is 0 Å². The van der Waals surface area contributed by atoms with Crippen LogP contribution >= 0.6 is 23.2 Å². The number of rotatable bonds is 3. The average Bonchev–Trinajstić information content (AvgIpc) is 2.35. The maximum Gasteiger partial charge on any atom is 0.0638 e. The molecule has 1 saturated heterocycles. The molecule has 2 N–H and O–H groups in total. The van der Waals surface area contributed by atoms with Gasteiger partial charge >= 0.3 is 0 Å². The van der Waals surface area contributed by atoms with Gasteiger partial charge in [0.25, 0.3) is 0 Å². The number of halogens is 2. The smallest absolute Gasteiger partial charge is 0.0638 e. The van der Waals surface area contributed by atoms with Crippen molar-refractivity contribution in [2.45, 2.75) is 25.8 Å². The van der Waals surface area contributed by atoms with Gasteiger partial charge < -0.3 is 10.6 Å². The van der Waals surface area contributed by atoms with Gasteiger partial charge in [-0.05, 0) is 57.0 Å². The monoisotopic (exact) mass is 272 g/mol. The van der Waals surface area contributed by atoms with Gasteiger partial charge in [0, 0.05) is 11.1 Å². The minimum Gasteiger partial charge on any atom is -0.381 e. The first-order chi connectivity index (χ1) is 8.16. The fourth-order valence-electron chi connectivity index (χ4n) is 2.32. The van der Waals surface area contributed by atoms with Crippen LogP contribution in [-0.4, -0.2) is 19.1 Å². The Kier molecular flexibility index (Phi) is 4.55. The Labute approximate surface area is 113 Å². The number of benzene rings is 1. The molecule has 0 aromatic heterocycles. The van der Waals surface area contributed by atoms with Gasteiger partial charge in [-0.15, -0.1) is 0 Å². The number of nitrogens with one attached hydrogen (secondary N) is 2. The van der Waals surface area contributed by atoms with Crippen molar-refractivity contribution < 1.29 is 0 Å². The van der Waals surface area contributed by atoms with Crippen LogP contribution in [-0.2, 0) is 0 Å². The lowest BCUT2D eigenvalue weighted by molar-refractivity contribution is 0.343. The van der Waals surface area contributed by atoms with Crippen LogP contribution in [0.2, 0.25) is 10.0 Å². The summed E-state index contributed by atoms with van der Waals surface area (Å²) < 4.78 is 0. The molecule has 1 aromatic rings. The van der Waals surface area contributed by atoms with Crippen LogP contribution in [0.5, 0.6) is 0 Å². The first-order valence-electron chi connectivity index (χ1n) is 6.09. The molecule has 0 amide bonds. The van der Waals surface area contributed by atoms with Crippen LogP contribution in [0.15, 0.2) is 18.2 Å². The third kappa shape index (κ3) is 3.51. The lowest BCUT2D eigenvalue weighted by Gasteiger charge is -2.29. The summed E-state index contributed by atoms with van der Waals surface area (Å²) in [5.41, 5.74) is 0.935. The van der Waals surface area contributed by atoms with Gasteiger partial charge in [0.05, 0.1) is 10.7 Å². The predicted octanol–water partition coefficient (Wildman–Crippen LogP) is 3.79. The molecule has 0 radical (unpaired) electrons. The third-order valence-corrected chi connectivity index (χ3v) is 3.97. The minimum atomic E-state index is 0.424. The molecule has 1 fully saturated rings. The molecule has 0 bridgehead atoms. The topological polar surface area (TPSA) is 24.1 Å². The van der Waals surface area contributed by atoms with E-state index in [1.165, 1.54) is 12.8 Å². The number of anilines is 1. The molecule has 1 unspecified atom stereocenters. The molecule has 1 aromatic carbocycles. The molecule has 4 heteroatoms. The third-order valence-electron chi connectivity index (χ3n) is 3.40. The molecule has 2 rings (SSSR count). The second kappa shape index (κ2) is 5.94. The Morgan fingerprint density at radius 2 is 2.00 bits per heavy atom. The highest BCUT2D eigenvalue weighted by Gasteiger charge is 2.20. The van der Waals surface area contributed by atoms with Crippen molar-refractivity contribution in [2.24, 2.45) is 5.92 Å². The van der Waals surface area contributed by atoms with Crippen molar-refractivity contribution in [1.29, 1.82) is 0 Å². The van der Waals surface area contributed by atoms with Crippen LogP contribution < -0.4 is 10.6 Å². The number of hydrogen-bond donors (Lipinski definition) is 2. The van der Waals surface area contributed by atoms with Crippen LogP contribution in [0.25, 0.3) is 0 Å². The summed E-state index contributed by atoms with van der Waals surface area (Å²) in [6.07, 6.45) is 2.43. The van der Waals surface area contributed by atoms with Gasteiger partial charge in [-0.3, -0.25) is 0 Å². The van der Waals surface area contributed by atoms with E-state index >= 15 is 0 Å². The normalized spacial score (nSPS) is 19.0. The Morgan fingerprint density at radius 3 is 2.71 bits per heavy atom. The highest BCUT2D eigenvalue weighted by Crippen LogP contribution is 2.28. The summed E-state index contributed by atoms with van der Waals surface area (Å²) in [6, 6.07) is 5.96. The first-order valence-corrected chi connectivity index (χ1v) is 6.84. The molecular formula is C13H18Cl2N2. The molecule has 2 nitrogen and oxygen atoms in total. The van der Waals surface area contributed by atoms with E-state index in [1.807, 2.05) is 18.2 Å². The second-order valence-corrected chi connectivity index (χ2v) is 5.49. The lowest BCUT2D eigenvalue weighted by atomic mass is 9.91. The van der Waals surface area contributed by atoms with Gasteiger partial charge in [0.2, 0.25) is 0 Å². The minimum absolute atomic E-state index is 0.424. The zero-order valence-corrected chi connectivity index (χ0v) is 11.5. The SMILES string of the molecule is CC(Nc1cc(Cl)ccc1Cl)C1CCNCC1. The Bertz CT molecular complexity index is 376. The van der Waals surface area contributed by atoms with Crippen molar-refractivity contribution in [3.63, 3.8) is 0 Å². The summed E-state index contributed by atoms with van der Waals surface area (Å²) in [6.45, 7) is 4.44. The molecule has 0 spiro atoms. The van der Waals surface area contributed by atoms with Crippen LogP contribution in [0.1, 0.15) is 19.8 Å². The molecular weight excluding hydrogens is 255 g/mol. The highest BCUT2D eigenvalue weighted by molar-refractivity contribution is 6.35. The average molecular weight is 273 g/mol. The van der Waals surface area contributed by atoms with Crippen molar-refractivity contribution in [3.05, 3.63) is 28.2 Å². The molecule has 0 aliphatic carbocycles. The largest absolute Gasteiger partial charge is 0.381 e. The zero-order valence-electron chi connectivity index (χ0n) is 9.97. The number of hydrogen-bond acceptors (Lipinski definition) is 2. The van der Waals surface area contributed by atoms with E-state index in [9.17, 15) is 0 Å². The van der Waals surface area contributed by atoms with Gasteiger partial charge in [-0.25, -0.2) is 0 Å². The maximum absolute atomic E-state index is 6.15. The van der Waals surface area contributed by atoms with Crippen molar-refractivity contribution in [1.82, 2.24) is 5.32 Å². The Balaban J connectivity index is 2.01. The summed E-state index contributed by atoms with van der Waals surface area (Å²) in [4.78, 5) is 0. The van der Waals surface area contributed by atoms with Gasteiger partial charge in [-0.2, -0.15) is 0 Å². The maximum atomic E-state index is 6.15. The van der Waals surface area contributed by atoms with Crippen molar-refractivity contribution >= 4 is 28.9 Å². The zero-order chi connectivity index (χ0) is 12.3. The fraction of sp³-hybridized carbons (Fsp3) is 0.538. The van der Waals surface area contributed by atoms with E-state index in [4.69, 9.17) is 23.2 Å². The highest BCUT2D eigenvalue weighted by atomic mass is 35.5. The van der Waals surface area contributed by atoms with Gasteiger partial charge in [-0.1, -0.05) is 23.2 Å². The predicted molar refractivity (Wildman–Crippen MR) is 75.1 cm³/mol. The van der Waals surface area contributed by atoms with E-state index in [1.54, 1.807) is 0 Å². The van der Waals surface area contributed by atoms with E-state index in [-0.39, 0.29) is 0 Å². The molecule has 1 heterocycles. The molecule has 1 aliphatic heterocycles. The van der Waals surface area contributed by atoms with Gasteiger partial charge in [0.1, 0.15) is 0 Å².